The molecule has 130 valence electrons. The number of thioether (sulfide) groups is 1. The Morgan fingerprint density at radius 2 is 2.12 bits per heavy atom. The summed E-state index contributed by atoms with van der Waals surface area (Å²) in [5.74, 6) is 0.755. The third-order valence-corrected chi connectivity index (χ3v) is 6.25. The Morgan fingerprint density at radius 3 is 2.92 bits per heavy atom. The van der Waals surface area contributed by atoms with E-state index in [2.05, 4.69) is 23.8 Å². The molecular weight excluding hydrogens is 357 g/mol. The molecule has 3 aromatic rings. The summed E-state index contributed by atoms with van der Waals surface area (Å²) < 4.78 is 19.6. The van der Waals surface area contributed by atoms with Crippen LogP contribution >= 0.6 is 23.1 Å². The predicted molar refractivity (Wildman–Crippen MR) is 100 cm³/mol. The van der Waals surface area contributed by atoms with Crippen molar-refractivity contribution in [2.45, 2.75) is 43.4 Å². The van der Waals surface area contributed by atoms with E-state index in [1.807, 2.05) is 6.07 Å². The number of aromatic nitrogens is 2. The van der Waals surface area contributed by atoms with E-state index < -0.39 is 0 Å². The largest absolute Gasteiger partial charge is 0.383 e. The highest BCUT2D eigenvalue weighted by Gasteiger charge is 2.30. The number of halogens is 1. The summed E-state index contributed by atoms with van der Waals surface area (Å²) in [6, 6.07) is 6.74. The number of hydrogen-bond donors (Lipinski definition) is 1. The zero-order valence-electron chi connectivity index (χ0n) is 14.0. The maximum Gasteiger partial charge on any atom is 0.191 e. The summed E-state index contributed by atoms with van der Waals surface area (Å²) in [6.07, 6.45) is 0.803. The number of anilines is 1. The third kappa shape index (κ3) is 3.23. The predicted octanol–water partition coefficient (Wildman–Crippen LogP) is 4.56. The van der Waals surface area contributed by atoms with Gasteiger partial charge in [0.15, 0.2) is 5.16 Å². The van der Waals surface area contributed by atoms with Gasteiger partial charge in [-0.25, -0.2) is 14.4 Å². The van der Waals surface area contributed by atoms with Gasteiger partial charge in [-0.3, -0.25) is 0 Å². The topological polar surface area (TPSA) is 61.0 Å². The molecule has 0 saturated heterocycles. The van der Waals surface area contributed by atoms with Gasteiger partial charge in [0.2, 0.25) is 0 Å². The monoisotopic (exact) mass is 375 g/mol. The molecule has 0 unspecified atom stereocenters. The van der Waals surface area contributed by atoms with E-state index in [1.54, 1.807) is 23.5 Å². The van der Waals surface area contributed by atoms with E-state index >= 15 is 0 Å². The summed E-state index contributed by atoms with van der Waals surface area (Å²) in [4.78, 5) is 11.1. The van der Waals surface area contributed by atoms with Gasteiger partial charge in [-0.15, -0.1) is 11.3 Å². The van der Waals surface area contributed by atoms with Crippen molar-refractivity contribution in [3.8, 4) is 0 Å². The number of benzene rings is 1. The van der Waals surface area contributed by atoms with Gasteiger partial charge in [-0.05, 0) is 31.0 Å². The maximum absolute atomic E-state index is 13.8. The maximum atomic E-state index is 13.8. The van der Waals surface area contributed by atoms with Crippen LogP contribution in [0.15, 0.2) is 29.4 Å². The Balaban J connectivity index is 1.66. The van der Waals surface area contributed by atoms with Crippen molar-refractivity contribution >= 4 is 39.1 Å². The van der Waals surface area contributed by atoms with Crippen LogP contribution in [0.25, 0.3) is 10.2 Å². The molecule has 0 aliphatic carbocycles. The fourth-order valence-electron chi connectivity index (χ4n) is 2.98. The highest BCUT2D eigenvalue weighted by molar-refractivity contribution is 7.98. The normalized spacial score (nSPS) is 16.1. The second-order valence-corrected chi connectivity index (χ2v) is 8.71. The van der Waals surface area contributed by atoms with Crippen LogP contribution < -0.4 is 5.73 Å². The first-order valence-corrected chi connectivity index (χ1v) is 9.81. The van der Waals surface area contributed by atoms with Crippen LogP contribution in [-0.2, 0) is 23.5 Å². The summed E-state index contributed by atoms with van der Waals surface area (Å²) in [7, 11) is 0. The number of thiophene rings is 1. The average Bonchev–Trinajstić information content (AvgIpc) is 2.91. The van der Waals surface area contributed by atoms with Crippen molar-refractivity contribution in [3.63, 3.8) is 0 Å². The highest BCUT2D eigenvalue weighted by Crippen LogP contribution is 2.40. The molecule has 0 saturated carbocycles. The Kier molecular flexibility index (Phi) is 4.17. The molecule has 4 rings (SSSR count). The fourth-order valence-corrected chi connectivity index (χ4v) is 4.98. The number of nitrogen functional groups attached to an aromatic ring is 1. The van der Waals surface area contributed by atoms with Crippen molar-refractivity contribution < 1.29 is 9.13 Å². The molecule has 0 atom stereocenters. The first kappa shape index (κ1) is 16.8. The highest BCUT2D eigenvalue weighted by atomic mass is 32.2. The molecule has 2 aromatic heterocycles. The van der Waals surface area contributed by atoms with E-state index in [0.29, 0.717) is 28.9 Å². The fraction of sp³-hybridized carbons (Fsp3) is 0.333. The molecule has 25 heavy (non-hydrogen) atoms. The Hall–Kier alpha value is -1.70. The zero-order valence-corrected chi connectivity index (χ0v) is 15.6. The number of nitrogens with zero attached hydrogens (tertiary/aromatic N) is 2. The van der Waals surface area contributed by atoms with E-state index in [9.17, 15) is 4.39 Å². The lowest BCUT2D eigenvalue weighted by Gasteiger charge is -2.30. The summed E-state index contributed by atoms with van der Waals surface area (Å²) >= 11 is 3.01. The number of ether oxygens (including phenoxy) is 1. The van der Waals surface area contributed by atoms with Gasteiger partial charge >= 0.3 is 0 Å². The van der Waals surface area contributed by atoms with Gasteiger partial charge in [-0.1, -0.05) is 30.0 Å². The number of rotatable bonds is 3. The zero-order chi connectivity index (χ0) is 17.6. The lowest BCUT2D eigenvalue weighted by Crippen LogP contribution is -2.31. The number of fused-ring (bicyclic) bond motifs is 3. The summed E-state index contributed by atoms with van der Waals surface area (Å²) in [6.45, 7) is 4.74. The van der Waals surface area contributed by atoms with E-state index in [4.69, 9.17) is 10.5 Å². The van der Waals surface area contributed by atoms with Gasteiger partial charge in [0.25, 0.3) is 0 Å². The minimum atomic E-state index is -0.213. The molecule has 4 nitrogen and oxygen atoms in total. The molecule has 0 radical (unpaired) electrons. The molecule has 0 fully saturated rings. The van der Waals surface area contributed by atoms with Crippen molar-refractivity contribution in [1.82, 2.24) is 9.97 Å². The molecule has 7 heteroatoms. The van der Waals surface area contributed by atoms with Crippen molar-refractivity contribution in [1.29, 1.82) is 0 Å². The average molecular weight is 375 g/mol. The van der Waals surface area contributed by atoms with Gasteiger partial charge in [0, 0.05) is 17.1 Å². The first-order chi connectivity index (χ1) is 11.9. The second kappa shape index (κ2) is 6.23. The Bertz CT molecular complexity index is 955. The molecule has 1 aliphatic heterocycles. The molecule has 0 bridgehead atoms. The quantitative estimate of drug-likeness (QED) is 0.537. The molecule has 2 N–H and O–H groups in total. The van der Waals surface area contributed by atoms with Gasteiger partial charge in [0.05, 0.1) is 17.6 Å². The van der Waals surface area contributed by atoms with Crippen LogP contribution in [0.1, 0.15) is 29.9 Å². The van der Waals surface area contributed by atoms with Crippen LogP contribution in [0.3, 0.4) is 0 Å². The number of hydrogen-bond acceptors (Lipinski definition) is 6. The van der Waals surface area contributed by atoms with Gasteiger partial charge in [0.1, 0.15) is 16.5 Å². The van der Waals surface area contributed by atoms with E-state index in [0.717, 1.165) is 16.6 Å². The van der Waals surface area contributed by atoms with Crippen molar-refractivity contribution in [2.75, 3.05) is 5.73 Å². The lowest BCUT2D eigenvalue weighted by molar-refractivity contribution is -0.0379. The van der Waals surface area contributed by atoms with Crippen LogP contribution in [-0.4, -0.2) is 15.6 Å². The molecule has 3 heterocycles. The second-order valence-electron chi connectivity index (χ2n) is 6.68. The lowest BCUT2D eigenvalue weighted by atomic mass is 9.94. The minimum absolute atomic E-state index is 0.203. The van der Waals surface area contributed by atoms with Crippen LogP contribution in [0.4, 0.5) is 10.2 Å². The Labute approximate surface area is 153 Å². The van der Waals surface area contributed by atoms with E-state index in [1.165, 1.54) is 28.3 Å². The summed E-state index contributed by atoms with van der Waals surface area (Å²) in [5.41, 5.74) is 7.88. The molecule has 0 spiro atoms. The third-order valence-electron chi connectivity index (χ3n) is 4.25. The number of nitrogens with two attached hydrogens (primary N) is 1. The summed E-state index contributed by atoms with van der Waals surface area (Å²) in [5, 5.41) is 1.53. The van der Waals surface area contributed by atoms with Crippen molar-refractivity contribution in [3.05, 3.63) is 46.1 Å². The van der Waals surface area contributed by atoms with E-state index in [-0.39, 0.29) is 11.4 Å². The van der Waals surface area contributed by atoms with Gasteiger partial charge in [-0.2, -0.15) is 0 Å². The molecular formula is C18H18FN3OS2. The molecule has 1 aromatic carbocycles. The SMILES string of the molecule is CC1(C)Cc2c(sc3nc(SCc4ccccc4F)nc(N)c23)CO1. The smallest absolute Gasteiger partial charge is 0.191 e. The van der Waals surface area contributed by atoms with Crippen LogP contribution in [0, 0.1) is 5.82 Å². The molecule has 0 amide bonds. The standard InChI is InChI=1S/C18H18FN3OS2/c1-18(2)7-11-13(8-23-18)25-16-14(11)15(20)21-17(22-16)24-9-10-5-3-4-6-12(10)19/h3-6H,7-9H2,1-2H3,(H2,20,21,22). The van der Waals surface area contributed by atoms with Crippen molar-refractivity contribution in [2.24, 2.45) is 0 Å². The van der Waals surface area contributed by atoms with Crippen LogP contribution in [0.5, 0.6) is 0 Å². The molecule has 1 aliphatic rings. The van der Waals surface area contributed by atoms with Gasteiger partial charge < -0.3 is 10.5 Å². The minimum Gasteiger partial charge on any atom is -0.383 e. The van der Waals surface area contributed by atoms with Crippen LogP contribution in [0.2, 0.25) is 0 Å². The first-order valence-electron chi connectivity index (χ1n) is 8.01. The Morgan fingerprint density at radius 1 is 1.32 bits per heavy atom.